The molecular weight excluding hydrogens is 492 g/mol. The molecule has 0 spiro atoms. The van der Waals surface area contributed by atoms with Crippen LogP contribution in [-0.2, 0) is 32.0 Å². The van der Waals surface area contributed by atoms with Crippen LogP contribution in [0.25, 0.3) is 5.76 Å². The van der Waals surface area contributed by atoms with Crippen molar-refractivity contribution in [1.82, 2.24) is 4.98 Å². The Labute approximate surface area is 201 Å². The zero-order valence-electron chi connectivity index (χ0n) is 17.5. The van der Waals surface area contributed by atoms with Crippen LogP contribution < -0.4 is 15.9 Å². The van der Waals surface area contributed by atoms with Gasteiger partial charge in [-0.2, -0.15) is 10.2 Å². The second-order valence-corrected chi connectivity index (χ2v) is 6.14. The van der Waals surface area contributed by atoms with E-state index < -0.39 is 5.90 Å². The van der Waals surface area contributed by atoms with Gasteiger partial charge in [-0.15, -0.1) is 0 Å². The minimum atomic E-state index is -0.544. The summed E-state index contributed by atoms with van der Waals surface area (Å²) in [6, 6.07) is 19.4. The number of hydrogen-bond donors (Lipinski definition) is 1. The van der Waals surface area contributed by atoms with Gasteiger partial charge in [0.15, 0.2) is 0 Å². The van der Waals surface area contributed by atoms with Crippen LogP contribution in [-0.4, -0.2) is 16.6 Å². The number of nitrogens with two attached hydrogens (primary N) is 1. The van der Waals surface area contributed by atoms with E-state index in [1.165, 1.54) is 11.6 Å². The van der Waals surface area contributed by atoms with Gasteiger partial charge in [-0.25, -0.2) is 0 Å². The Morgan fingerprint density at radius 3 is 2.06 bits per heavy atom. The predicted octanol–water partition coefficient (Wildman–Crippen LogP) is 2.30. The van der Waals surface area contributed by atoms with Crippen molar-refractivity contribution in [2.75, 3.05) is 5.73 Å². The van der Waals surface area contributed by atoms with E-state index in [2.05, 4.69) is 15.2 Å². The number of hydrogen-bond acceptors (Lipinski definition) is 6. The van der Waals surface area contributed by atoms with Gasteiger partial charge in [-0.3, -0.25) is 4.98 Å². The molecule has 0 aliphatic rings. The molecule has 1 aromatic heterocycles. The van der Waals surface area contributed by atoms with Crippen LogP contribution >= 0.6 is 0 Å². The first-order valence-corrected chi connectivity index (χ1v) is 8.92. The molecular formula is C23H22MoN4O4-6. The average molecular weight is 514 g/mol. The van der Waals surface area contributed by atoms with E-state index in [1.807, 2.05) is 31.3 Å². The average Bonchev–Trinajstić information content (AvgIpc) is 2.74. The summed E-state index contributed by atoms with van der Waals surface area (Å²) in [5.41, 5.74) is 8.43. The predicted molar refractivity (Wildman–Crippen MR) is 115 cm³/mol. The molecule has 32 heavy (non-hydrogen) atoms. The van der Waals surface area contributed by atoms with Gasteiger partial charge in [0.05, 0.1) is 5.71 Å². The third-order valence-corrected chi connectivity index (χ3v) is 3.70. The maximum atomic E-state index is 11.9. The molecule has 0 aliphatic carbocycles. The van der Waals surface area contributed by atoms with Crippen molar-refractivity contribution >= 4 is 23.1 Å². The molecule has 2 aromatic carbocycles. The molecule has 0 fully saturated rings. The molecule has 2 N–H and O–H groups in total. The van der Waals surface area contributed by atoms with Crippen molar-refractivity contribution < 1.29 is 42.2 Å². The number of pyridine rings is 1. The molecule has 8 nitrogen and oxygen atoms in total. The first-order chi connectivity index (χ1) is 14.0. The van der Waals surface area contributed by atoms with Crippen LogP contribution in [0.15, 0.2) is 95.4 Å². The summed E-state index contributed by atoms with van der Waals surface area (Å²) in [6.07, 6.45) is 4.94. The van der Waals surface area contributed by atoms with Crippen LogP contribution in [0.1, 0.15) is 23.6 Å². The van der Waals surface area contributed by atoms with E-state index in [1.54, 1.807) is 61.7 Å². The van der Waals surface area contributed by atoms with Crippen LogP contribution in [0, 0.1) is 6.92 Å². The summed E-state index contributed by atoms with van der Waals surface area (Å²) in [5, 5.41) is 31.2. The Balaban J connectivity index is 0. The van der Waals surface area contributed by atoms with Crippen molar-refractivity contribution in [2.24, 2.45) is 10.2 Å². The van der Waals surface area contributed by atoms with Gasteiger partial charge in [-0.05, 0) is 43.2 Å². The monoisotopic (exact) mass is 516 g/mol. The van der Waals surface area contributed by atoms with Gasteiger partial charge < -0.3 is 26.9 Å². The van der Waals surface area contributed by atoms with Crippen LogP contribution in [0.4, 0.5) is 5.69 Å². The van der Waals surface area contributed by atoms with Gasteiger partial charge in [0, 0.05) is 50.6 Å². The second-order valence-electron chi connectivity index (χ2n) is 6.14. The number of aryl methyl sites for hydroxylation is 1. The standard InChI is InChI=1S/C17H17N3O2.C6H7N.Mo.2O/c1-12(11-16(21)13-7-3-2-4-8-13)19-20-17(22)14-9-5-6-10-15(14)18;1-6-3-2-4-7-5-6;;;/h2-11,21H,18H2,1H3,(H,20,22);2-5H,1H3;;;/q;;;2*-2/p-2/b16-11-,19-12+;;;;. The van der Waals surface area contributed by atoms with Gasteiger partial charge in [0.2, 0.25) is 0 Å². The third-order valence-electron chi connectivity index (χ3n) is 3.70. The number of aromatic nitrogens is 1. The van der Waals surface area contributed by atoms with Crippen LogP contribution in [0.3, 0.4) is 0 Å². The molecule has 0 unspecified atom stereocenters. The number of nitrogens with zero attached hydrogens (tertiary/aromatic N) is 3. The maximum Gasteiger partial charge on any atom is 0.0593 e. The molecule has 0 amide bonds. The Bertz CT molecular complexity index is 1010. The van der Waals surface area contributed by atoms with Crippen molar-refractivity contribution in [3.8, 4) is 0 Å². The summed E-state index contributed by atoms with van der Waals surface area (Å²) in [7, 11) is 0. The third kappa shape index (κ3) is 10.6. The summed E-state index contributed by atoms with van der Waals surface area (Å²) >= 11 is 0. The number of allylic oxidation sites excluding steroid dienone is 1. The Kier molecular flexibility index (Phi) is 15.8. The minimum absolute atomic E-state index is 0. The molecule has 0 saturated carbocycles. The minimum Gasteiger partial charge on any atom is -2.00 e. The maximum absolute atomic E-state index is 11.9. The van der Waals surface area contributed by atoms with E-state index in [9.17, 15) is 10.2 Å². The van der Waals surface area contributed by atoms with Crippen molar-refractivity contribution in [1.29, 1.82) is 0 Å². The van der Waals surface area contributed by atoms with E-state index in [0.717, 1.165) is 0 Å². The normalized spacial score (nSPS) is 11.0. The van der Waals surface area contributed by atoms with Gasteiger partial charge in [-0.1, -0.05) is 60.4 Å². The summed E-state index contributed by atoms with van der Waals surface area (Å²) < 4.78 is 0. The van der Waals surface area contributed by atoms with Gasteiger partial charge in [0.1, 0.15) is 0 Å². The van der Waals surface area contributed by atoms with Gasteiger partial charge in [0.25, 0.3) is 0 Å². The fourth-order valence-corrected chi connectivity index (χ4v) is 2.22. The molecule has 170 valence electrons. The second kappa shape index (κ2) is 16.4. The smallest absolute Gasteiger partial charge is 0.0593 e. The summed E-state index contributed by atoms with van der Waals surface area (Å²) in [5.74, 6) is -0.735. The molecule has 0 saturated heterocycles. The molecule has 3 rings (SSSR count). The quantitative estimate of drug-likeness (QED) is 0.141. The topological polar surface area (TPSA) is 167 Å². The Hall–Kier alpha value is -3.32. The van der Waals surface area contributed by atoms with Crippen molar-refractivity contribution in [3.05, 3.63) is 102 Å². The fourth-order valence-electron chi connectivity index (χ4n) is 2.22. The zero-order valence-corrected chi connectivity index (χ0v) is 19.6. The molecule has 1 heterocycles. The van der Waals surface area contributed by atoms with E-state index in [0.29, 0.717) is 17.0 Å². The van der Waals surface area contributed by atoms with Crippen LogP contribution in [0.5, 0.6) is 0 Å². The molecule has 3 aromatic rings. The number of rotatable bonds is 4. The molecule has 9 heteroatoms. The van der Waals surface area contributed by atoms with Crippen LogP contribution in [0.2, 0.25) is 0 Å². The Morgan fingerprint density at radius 1 is 0.906 bits per heavy atom. The van der Waals surface area contributed by atoms with E-state index in [4.69, 9.17) is 5.73 Å². The number of para-hydroxylation sites is 1. The summed E-state index contributed by atoms with van der Waals surface area (Å²) in [6.45, 7) is 3.62. The molecule has 0 aliphatic heterocycles. The first kappa shape index (κ1) is 30.9. The van der Waals surface area contributed by atoms with Gasteiger partial charge >= 0.3 is 0 Å². The molecule has 0 atom stereocenters. The summed E-state index contributed by atoms with van der Waals surface area (Å²) in [4.78, 5) is 3.88. The zero-order chi connectivity index (χ0) is 21.1. The van der Waals surface area contributed by atoms with E-state index in [-0.39, 0.29) is 43.3 Å². The molecule has 0 bridgehead atoms. The SMILES string of the molecule is CC(/C=C(\[O-])c1ccccc1)=N\N=C(/[O-])c1ccccc1N.Cc1cccnc1.[Mo].[O-2].[O-2]. The van der Waals surface area contributed by atoms with E-state index >= 15 is 0 Å². The largest absolute Gasteiger partial charge is 2.00 e. The fraction of sp³-hybridized carbons (Fsp3) is 0.0870. The van der Waals surface area contributed by atoms with Crippen molar-refractivity contribution in [3.63, 3.8) is 0 Å². The Morgan fingerprint density at radius 2 is 1.53 bits per heavy atom. The van der Waals surface area contributed by atoms with Crippen molar-refractivity contribution in [2.45, 2.75) is 13.8 Å². The number of nitrogen functional groups attached to an aromatic ring is 1. The first-order valence-electron chi connectivity index (χ1n) is 8.92. The number of anilines is 1. The molecule has 0 radical (unpaired) electrons. The number of benzene rings is 2.